The van der Waals surface area contributed by atoms with Gasteiger partial charge in [0.25, 0.3) is 0 Å². The van der Waals surface area contributed by atoms with Gasteiger partial charge < -0.3 is 18.6 Å². The summed E-state index contributed by atoms with van der Waals surface area (Å²) in [6.45, 7) is 4.55. The van der Waals surface area contributed by atoms with Crippen molar-refractivity contribution in [1.29, 1.82) is 0 Å². The summed E-state index contributed by atoms with van der Waals surface area (Å²) in [4.78, 5) is 4.88. The Bertz CT molecular complexity index is 3510. The van der Waals surface area contributed by atoms with Gasteiger partial charge in [0.2, 0.25) is 0 Å². The highest BCUT2D eigenvalue weighted by molar-refractivity contribution is 6.32. The average Bonchev–Trinajstić information content (AvgIpc) is 4.06. The molecular weight excluding hydrogens is 777 g/mol. The zero-order valence-corrected chi connectivity index (χ0v) is 36.1. The Morgan fingerprint density at radius 1 is 0.328 bits per heavy atom. The Morgan fingerprint density at radius 2 is 0.688 bits per heavy atom. The van der Waals surface area contributed by atoms with E-state index in [0.717, 1.165) is 48.4 Å². The van der Waals surface area contributed by atoms with Crippen molar-refractivity contribution >= 4 is 110 Å². The SMILES string of the molecule is CCCc1ccc2c(c1)c1c(N(c3ccccc3)c3ccccc3)ccc3c4cc5c(cc4n2c31)c1ccc(N(c2ccccc2)c2ccccc2)c2c3cc(CCC)ccc3n5c12. The van der Waals surface area contributed by atoms with Crippen LogP contribution in [0.1, 0.15) is 37.8 Å². The molecule has 0 spiro atoms. The van der Waals surface area contributed by atoms with Gasteiger partial charge >= 0.3 is 0 Å². The molecule has 0 atom stereocenters. The monoisotopic (exact) mass is 822 g/mol. The third-order valence-electron chi connectivity index (χ3n) is 13.7. The molecule has 0 N–H and O–H groups in total. The predicted octanol–water partition coefficient (Wildman–Crippen LogP) is 16.8. The summed E-state index contributed by atoms with van der Waals surface area (Å²) < 4.78 is 5.15. The van der Waals surface area contributed by atoms with Crippen molar-refractivity contribution in [2.24, 2.45) is 0 Å². The fourth-order valence-corrected chi connectivity index (χ4v) is 11.1. The van der Waals surface area contributed by atoms with Gasteiger partial charge in [-0.15, -0.1) is 0 Å². The summed E-state index contributed by atoms with van der Waals surface area (Å²) in [6, 6.07) is 72.3. The van der Waals surface area contributed by atoms with Crippen molar-refractivity contribution in [2.75, 3.05) is 9.80 Å². The van der Waals surface area contributed by atoms with E-state index in [9.17, 15) is 0 Å². The van der Waals surface area contributed by atoms with Gasteiger partial charge in [-0.2, -0.15) is 0 Å². The summed E-state index contributed by atoms with van der Waals surface area (Å²) in [7, 11) is 0. The van der Waals surface area contributed by atoms with Crippen LogP contribution in [0.5, 0.6) is 0 Å². The first kappa shape index (κ1) is 36.8. The molecule has 0 unspecified atom stereocenters. The maximum absolute atomic E-state index is 2.57. The van der Waals surface area contributed by atoms with Gasteiger partial charge in [-0.05, 0) is 121 Å². The lowest BCUT2D eigenvalue weighted by atomic mass is 10.0. The minimum Gasteiger partial charge on any atom is -0.310 e. The van der Waals surface area contributed by atoms with Gasteiger partial charge in [0, 0.05) is 65.8 Å². The summed E-state index contributed by atoms with van der Waals surface area (Å²) in [5, 5.41) is 10.3. The molecule has 4 aromatic heterocycles. The van der Waals surface area contributed by atoms with Crippen LogP contribution in [0.3, 0.4) is 0 Å². The number of aryl methyl sites for hydroxylation is 2. The lowest BCUT2D eigenvalue weighted by Gasteiger charge is -2.26. The topological polar surface area (TPSA) is 15.3 Å². The number of hydrogen-bond donors (Lipinski definition) is 0. The van der Waals surface area contributed by atoms with Crippen molar-refractivity contribution in [3.05, 3.63) is 205 Å². The van der Waals surface area contributed by atoms with E-state index < -0.39 is 0 Å². The van der Waals surface area contributed by atoms with Crippen LogP contribution >= 0.6 is 0 Å². The molecular formula is C60H46N4. The lowest BCUT2D eigenvalue weighted by molar-refractivity contribution is 0.923. The number of aromatic nitrogens is 2. The fraction of sp³-hybridized carbons (Fsp3) is 0.100. The highest BCUT2D eigenvalue weighted by Crippen LogP contribution is 2.51. The Morgan fingerprint density at radius 3 is 1.03 bits per heavy atom. The molecule has 0 fully saturated rings. The van der Waals surface area contributed by atoms with Crippen LogP contribution in [-0.2, 0) is 12.8 Å². The number of fused-ring (bicyclic) bond motifs is 12. The molecule has 306 valence electrons. The van der Waals surface area contributed by atoms with E-state index in [0.29, 0.717) is 0 Å². The zero-order chi connectivity index (χ0) is 42.5. The lowest BCUT2D eigenvalue weighted by Crippen LogP contribution is -2.10. The minimum atomic E-state index is 1.05. The van der Waals surface area contributed by atoms with E-state index >= 15 is 0 Å². The van der Waals surface area contributed by atoms with Gasteiger partial charge in [-0.1, -0.05) is 124 Å². The van der Waals surface area contributed by atoms with Gasteiger partial charge in [0.15, 0.2) is 0 Å². The van der Waals surface area contributed by atoms with Crippen molar-refractivity contribution in [1.82, 2.24) is 8.80 Å². The Balaban J connectivity index is 1.15. The van der Waals surface area contributed by atoms with Crippen molar-refractivity contribution < 1.29 is 0 Å². The third kappa shape index (κ3) is 5.29. The van der Waals surface area contributed by atoms with Crippen LogP contribution in [0.25, 0.3) is 76.2 Å². The van der Waals surface area contributed by atoms with Gasteiger partial charge in [-0.3, -0.25) is 0 Å². The highest BCUT2D eigenvalue weighted by atomic mass is 15.2. The highest BCUT2D eigenvalue weighted by Gasteiger charge is 2.28. The van der Waals surface area contributed by atoms with Crippen LogP contribution in [0.4, 0.5) is 34.1 Å². The molecule has 9 aromatic carbocycles. The molecule has 4 nitrogen and oxygen atoms in total. The second-order valence-electron chi connectivity index (χ2n) is 17.5. The standard InChI is InChI=1S/C60H46N4/c1-3-17-39-27-31-51-49(35-39)57-53(61(41-19-9-5-10-20-41)42-21-11-6-12-22-42)33-29-45-47-38-56-48(37-55(47)63(51)59(45)57)46-30-34-54(62(43-23-13-7-14-24-43)44-25-15-8-16-26-44)58-50-36-40(18-4-2)28-32-52(50)64(56)60(46)58/h5-16,19-38H,3-4,17-18H2,1-2H3. The van der Waals surface area contributed by atoms with Crippen LogP contribution in [0.15, 0.2) is 194 Å². The van der Waals surface area contributed by atoms with Crippen molar-refractivity contribution in [2.45, 2.75) is 39.5 Å². The van der Waals surface area contributed by atoms with E-state index in [2.05, 4.69) is 227 Å². The molecule has 0 saturated heterocycles. The third-order valence-corrected chi connectivity index (χ3v) is 13.7. The zero-order valence-electron chi connectivity index (χ0n) is 36.1. The van der Waals surface area contributed by atoms with E-state index in [-0.39, 0.29) is 0 Å². The van der Waals surface area contributed by atoms with Crippen LogP contribution in [0, 0.1) is 0 Å². The van der Waals surface area contributed by atoms with Crippen molar-refractivity contribution in [3.63, 3.8) is 0 Å². The van der Waals surface area contributed by atoms with E-state index in [1.165, 1.54) is 98.7 Å². The maximum Gasteiger partial charge on any atom is 0.0641 e. The van der Waals surface area contributed by atoms with Crippen LogP contribution in [0.2, 0.25) is 0 Å². The van der Waals surface area contributed by atoms with Gasteiger partial charge in [0.1, 0.15) is 0 Å². The van der Waals surface area contributed by atoms with E-state index in [1.807, 2.05) is 0 Å². The fourth-order valence-electron chi connectivity index (χ4n) is 11.1. The molecule has 4 heterocycles. The molecule has 0 amide bonds. The van der Waals surface area contributed by atoms with Crippen LogP contribution in [-0.4, -0.2) is 8.80 Å². The molecule has 13 aromatic rings. The molecule has 0 bridgehead atoms. The average molecular weight is 823 g/mol. The Kier molecular flexibility index (Phi) is 8.26. The smallest absolute Gasteiger partial charge is 0.0641 e. The summed E-state index contributed by atoms with van der Waals surface area (Å²) in [6.07, 6.45) is 4.31. The molecule has 13 rings (SSSR count). The molecule has 4 heteroatoms. The largest absolute Gasteiger partial charge is 0.310 e. The van der Waals surface area contributed by atoms with E-state index in [4.69, 9.17) is 0 Å². The summed E-state index contributed by atoms with van der Waals surface area (Å²) in [5.74, 6) is 0. The Labute approximate surface area is 372 Å². The van der Waals surface area contributed by atoms with Gasteiger partial charge in [-0.25, -0.2) is 0 Å². The first-order valence-corrected chi connectivity index (χ1v) is 22.9. The molecule has 64 heavy (non-hydrogen) atoms. The molecule has 0 saturated carbocycles. The normalized spacial score (nSPS) is 12.2. The molecule has 0 aliphatic carbocycles. The first-order valence-electron chi connectivity index (χ1n) is 22.9. The molecule has 0 aliphatic heterocycles. The predicted molar refractivity (Wildman–Crippen MR) is 273 cm³/mol. The van der Waals surface area contributed by atoms with Crippen LogP contribution < -0.4 is 9.80 Å². The van der Waals surface area contributed by atoms with E-state index in [1.54, 1.807) is 0 Å². The minimum absolute atomic E-state index is 1.05. The molecule has 0 radical (unpaired) electrons. The summed E-state index contributed by atoms with van der Waals surface area (Å²) >= 11 is 0. The van der Waals surface area contributed by atoms with Crippen molar-refractivity contribution in [3.8, 4) is 0 Å². The number of anilines is 6. The second-order valence-corrected chi connectivity index (χ2v) is 17.5. The quantitative estimate of drug-likeness (QED) is 0.137. The number of nitrogens with zero attached hydrogens (tertiary/aromatic N) is 4. The van der Waals surface area contributed by atoms with Gasteiger partial charge in [0.05, 0.1) is 44.5 Å². The number of benzene rings is 9. The maximum atomic E-state index is 2.57. The number of para-hydroxylation sites is 4. The molecule has 0 aliphatic rings. The number of hydrogen-bond acceptors (Lipinski definition) is 2. The number of rotatable bonds is 10. The summed E-state index contributed by atoms with van der Waals surface area (Å²) in [5.41, 5.74) is 17.2. The first-order chi connectivity index (χ1) is 31.7. The Hall–Kier alpha value is -7.82. The second kappa shape index (κ2) is 14.4.